The molecule has 0 saturated heterocycles. The molecule has 2 nitrogen and oxygen atoms in total. The smallest absolute Gasteiger partial charge is 0.194 e. The van der Waals surface area contributed by atoms with Gasteiger partial charge in [0, 0.05) is 5.56 Å². The van der Waals surface area contributed by atoms with Gasteiger partial charge in [-0.15, -0.1) is 0 Å². The molecule has 0 amide bonds. The maximum absolute atomic E-state index is 12.8. The molecular weight excluding hydrogens is 272 g/mol. The molecule has 0 bridgehead atoms. The second-order valence-electron chi connectivity index (χ2n) is 7.40. The summed E-state index contributed by atoms with van der Waals surface area (Å²) in [7, 11) is 0. The van der Waals surface area contributed by atoms with Gasteiger partial charge in [0.1, 0.15) is 5.60 Å². The van der Waals surface area contributed by atoms with Gasteiger partial charge in [0.15, 0.2) is 5.78 Å². The predicted molar refractivity (Wildman–Crippen MR) is 93.5 cm³/mol. The van der Waals surface area contributed by atoms with Gasteiger partial charge in [-0.2, -0.15) is 0 Å². The number of carbonyl (C=O) groups is 1. The maximum Gasteiger partial charge on any atom is 0.194 e. The first-order valence-electron chi connectivity index (χ1n) is 8.62. The number of hydrogen-bond acceptors (Lipinski definition) is 2. The number of benzene rings is 1. The van der Waals surface area contributed by atoms with Crippen LogP contribution in [0.25, 0.3) is 0 Å². The van der Waals surface area contributed by atoms with Crippen LogP contribution in [0.5, 0.6) is 0 Å². The monoisotopic (exact) mass is 304 g/mol. The minimum Gasteiger partial charge on any atom is -0.382 e. The number of carbonyl (C=O) groups excluding carboxylic acids is 1. The molecule has 2 heteroatoms. The zero-order chi connectivity index (χ0) is 16.8. The normalized spacial score (nSPS) is 12.5. The lowest BCUT2D eigenvalue weighted by Gasteiger charge is -2.27. The van der Waals surface area contributed by atoms with Gasteiger partial charge in [-0.25, -0.2) is 0 Å². The highest BCUT2D eigenvalue weighted by molar-refractivity contribution is 6.02. The summed E-state index contributed by atoms with van der Waals surface area (Å²) in [5.41, 5.74) is 0.704. The molecule has 0 aromatic heterocycles. The van der Waals surface area contributed by atoms with Gasteiger partial charge < -0.3 is 5.11 Å². The van der Waals surface area contributed by atoms with Crippen molar-refractivity contribution in [2.24, 2.45) is 0 Å². The summed E-state index contributed by atoms with van der Waals surface area (Å²) in [6, 6.07) is 7.75. The molecule has 0 spiro atoms. The van der Waals surface area contributed by atoms with Crippen LogP contribution in [-0.2, 0) is 5.41 Å². The lowest BCUT2D eigenvalue weighted by Crippen LogP contribution is -2.38. The second kappa shape index (κ2) is 7.92. The van der Waals surface area contributed by atoms with Gasteiger partial charge >= 0.3 is 0 Å². The van der Waals surface area contributed by atoms with Crippen molar-refractivity contribution in [3.63, 3.8) is 0 Å². The molecule has 1 aromatic carbocycles. The van der Waals surface area contributed by atoms with E-state index in [0.29, 0.717) is 18.4 Å². The first-order valence-corrected chi connectivity index (χ1v) is 8.62. The molecule has 1 rings (SSSR count). The molecule has 1 N–H and O–H groups in total. The molecule has 0 aliphatic carbocycles. The fourth-order valence-electron chi connectivity index (χ4n) is 2.68. The molecule has 22 heavy (non-hydrogen) atoms. The number of aliphatic hydroxyl groups is 1. The Morgan fingerprint density at radius 3 is 1.77 bits per heavy atom. The minimum atomic E-state index is -1.20. The Morgan fingerprint density at radius 1 is 0.955 bits per heavy atom. The highest BCUT2D eigenvalue weighted by Crippen LogP contribution is 2.28. The van der Waals surface area contributed by atoms with Crippen LogP contribution < -0.4 is 0 Å². The van der Waals surface area contributed by atoms with Crippen molar-refractivity contribution in [1.29, 1.82) is 0 Å². The third-order valence-corrected chi connectivity index (χ3v) is 4.32. The van der Waals surface area contributed by atoms with E-state index >= 15 is 0 Å². The molecule has 0 aliphatic heterocycles. The molecule has 124 valence electrons. The SMILES string of the molecule is CCCCC(O)(CCCC)C(=O)c1ccc(C(C)(C)C)cc1. The molecule has 0 saturated carbocycles. The van der Waals surface area contributed by atoms with Crippen LogP contribution in [0.1, 0.15) is 89.1 Å². The molecular formula is C20H32O2. The van der Waals surface area contributed by atoms with E-state index in [-0.39, 0.29) is 11.2 Å². The quantitative estimate of drug-likeness (QED) is 0.664. The first-order chi connectivity index (χ1) is 10.2. The van der Waals surface area contributed by atoms with Crippen LogP contribution in [-0.4, -0.2) is 16.5 Å². The van der Waals surface area contributed by atoms with Gasteiger partial charge in [-0.3, -0.25) is 4.79 Å². The van der Waals surface area contributed by atoms with E-state index in [9.17, 15) is 9.90 Å². The Balaban J connectivity index is 2.97. The van der Waals surface area contributed by atoms with E-state index in [1.54, 1.807) is 0 Å². The molecule has 1 aromatic rings. The van der Waals surface area contributed by atoms with E-state index in [1.807, 2.05) is 24.3 Å². The Hall–Kier alpha value is -1.15. The molecule has 0 atom stereocenters. The Bertz CT molecular complexity index is 457. The Kier molecular flexibility index (Phi) is 6.80. The number of unbranched alkanes of at least 4 members (excludes halogenated alkanes) is 2. The summed E-state index contributed by atoms with van der Waals surface area (Å²) < 4.78 is 0. The van der Waals surface area contributed by atoms with E-state index in [1.165, 1.54) is 5.56 Å². The Labute approximate surface area is 135 Å². The zero-order valence-corrected chi connectivity index (χ0v) is 14.9. The van der Waals surface area contributed by atoms with Crippen LogP contribution in [0.4, 0.5) is 0 Å². The first kappa shape index (κ1) is 18.9. The van der Waals surface area contributed by atoms with Crippen molar-refractivity contribution >= 4 is 5.78 Å². The van der Waals surface area contributed by atoms with Crippen LogP contribution >= 0.6 is 0 Å². The standard InChI is InChI=1S/C20H32O2/c1-6-8-14-20(22,15-9-7-2)18(21)16-10-12-17(13-11-16)19(3,4)5/h10-13,22H,6-9,14-15H2,1-5H3. The summed E-state index contributed by atoms with van der Waals surface area (Å²) in [6.07, 6.45) is 4.86. The van der Waals surface area contributed by atoms with E-state index in [4.69, 9.17) is 0 Å². The van der Waals surface area contributed by atoms with Gasteiger partial charge in [0.05, 0.1) is 0 Å². The third kappa shape index (κ3) is 4.95. The van der Waals surface area contributed by atoms with Gasteiger partial charge in [0.2, 0.25) is 0 Å². The summed E-state index contributed by atoms with van der Waals surface area (Å²) in [5, 5.41) is 10.9. The average Bonchev–Trinajstić information content (AvgIpc) is 2.49. The molecule has 0 radical (unpaired) electrons. The third-order valence-electron chi connectivity index (χ3n) is 4.32. The number of Topliss-reactive ketones (excluding diaryl/α,β-unsaturated/α-hetero) is 1. The van der Waals surface area contributed by atoms with E-state index in [2.05, 4.69) is 34.6 Å². The van der Waals surface area contributed by atoms with Crippen molar-refractivity contribution in [1.82, 2.24) is 0 Å². The molecule has 0 heterocycles. The highest BCUT2D eigenvalue weighted by atomic mass is 16.3. The van der Waals surface area contributed by atoms with Gasteiger partial charge in [0.25, 0.3) is 0 Å². The van der Waals surface area contributed by atoms with Crippen molar-refractivity contribution in [2.45, 2.75) is 84.2 Å². The fourth-order valence-corrected chi connectivity index (χ4v) is 2.68. The second-order valence-corrected chi connectivity index (χ2v) is 7.40. The van der Waals surface area contributed by atoms with E-state index in [0.717, 1.165) is 25.7 Å². The van der Waals surface area contributed by atoms with Crippen LogP contribution in [0.15, 0.2) is 24.3 Å². The lowest BCUT2D eigenvalue weighted by atomic mass is 9.82. The van der Waals surface area contributed by atoms with Crippen LogP contribution in [0.3, 0.4) is 0 Å². The predicted octanol–water partition coefficient (Wildman–Crippen LogP) is 5.28. The van der Waals surface area contributed by atoms with Gasteiger partial charge in [-0.05, 0) is 23.8 Å². The number of rotatable bonds is 8. The Morgan fingerprint density at radius 2 is 1.41 bits per heavy atom. The minimum absolute atomic E-state index is 0.0717. The number of hydrogen-bond donors (Lipinski definition) is 1. The fraction of sp³-hybridized carbons (Fsp3) is 0.650. The summed E-state index contributed by atoms with van der Waals surface area (Å²) >= 11 is 0. The van der Waals surface area contributed by atoms with Crippen LogP contribution in [0.2, 0.25) is 0 Å². The zero-order valence-electron chi connectivity index (χ0n) is 14.9. The van der Waals surface area contributed by atoms with Crippen molar-refractivity contribution in [3.8, 4) is 0 Å². The maximum atomic E-state index is 12.8. The van der Waals surface area contributed by atoms with Crippen LogP contribution in [0, 0.1) is 0 Å². The molecule has 0 fully saturated rings. The summed E-state index contributed by atoms with van der Waals surface area (Å²) in [4.78, 5) is 12.8. The van der Waals surface area contributed by atoms with Crippen molar-refractivity contribution in [3.05, 3.63) is 35.4 Å². The number of ketones is 1. The lowest BCUT2D eigenvalue weighted by molar-refractivity contribution is 0.0202. The van der Waals surface area contributed by atoms with Gasteiger partial charge in [-0.1, -0.05) is 84.6 Å². The largest absolute Gasteiger partial charge is 0.382 e. The topological polar surface area (TPSA) is 37.3 Å². The van der Waals surface area contributed by atoms with E-state index < -0.39 is 5.60 Å². The molecule has 0 aliphatic rings. The highest BCUT2D eigenvalue weighted by Gasteiger charge is 2.35. The summed E-state index contributed by atoms with van der Waals surface area (Å²) in [6.45, 7) is 10.6. The van der Waals surface area contributed by atoms with Crippen molar-refractivity contribution in [2.75, 3.05) is 0 Å². The summed E-state index contributed by atoms with van der Waals surface area (Å²) in [5.74, 6) is -0.116. The average molecular weight is 304 g/mol. The van der Waals surface area contributed by atoms with Crippen molar-refractivity contribution < 1.29 is 9.90 Å². The molecule has 0 unspecified atom stereocenters.